The fourth-order valence-corrected chi connectivity index (χ4v) is 3.31. The number of amides is 2. The lowest BCUT2D eigenvalue weighted by atomic mass is 10.1. The summed E-state index contributed by atoms with van der Waals surface area (Å²) in [7, 11) is 0. The second kappa shape index (κ2) is 12.7. The van der Waals surface area contributed by atoms with Crippen LogP contribution in [0.5, 0.6) is 11.5 Å². The average molecular weight is 542 g/mol. The molecule has 3 rings (SSSR count). The molecule has 3 N–H and O–H groups in total. The van der Waals surface area contributed by atoms with Gasteiger partial charge in [0.25, 0.3) is 11.8 Å². The molecule has 0 aliphatic heterocycles. The number of thiocarbonyl (C=S) groups is 1. The molecule has 3 aromatic carbocycles. The Morgan fingerprint density at radius 3 is 2.44 bits per heavy atom. The molecular weight excluding hydrogens is 518 g/mol. The first kappa shape index (κ1) is 25.2. The summed E-state index contributed by atoms with van der Waals surface area (Å²) >= 11 is 8.52. The monoisotopic (exact) mass is 541 g/mol. The van der Waals surface area contributed by atoms with E-state index in [4.69, 9.17) is 21.7 Å². The van der Waals surface area contributed by atoms with Gasteiger partial charge in [-0.15, -0.1) is 0 Å². The number of hydrogen-bond acceptors (Lipinski definition) is 5. The van der Waals surface area contributed by atoms with Gasteiger partial charge in [-0.25, -0.2) is 0 Å². The molecule has 0 atom stereocenters. The highest BCUT2D eigenvalue weighted by Gasteiger charge is 2.14. The Labute approximate surface area is 211 Å². The SMILES string of the molecule is Cc1cc(OCC(=O)NNC(=S)NC(=O)c2ccccc2OCCc2ccccc2)ccc1Br. The van der Waals surface area contributed by atoms with Crippen molar-refractivity contribution in [3.8, 4) is 11.5 Å². The van der Waals surface area contributed by atoms with Crippen molar-refractivity contribution in [1.82, 2.24) is 16.2 Å². The maximum Gasteiger partial charge on any atom is 0.276 e. The lowest BCUT2D eigenvalue weighted by Gasteiger charge is -2.14. The molecule has 3 aromatic rings. The maximum absolute atomic E-state index is 12.7. The van der Waals surface area contributed by atoms with Gasteiger partial charge in [0.2, 0.25) is 0 Å². The van der Waals surface area contributed by atoms with Crippen molar-refractivity contribution in [2.24, 2.45) is 0 Å². The predicted octanol–water partition coefficient (Wildman–Crippen LogP) is 4.09. The summed E-state index contributed by atoms with van der Waals surface area (Å²) in [6, 6.07) is 22.2. The van der Waals surface area contributed by atoms with Crippen LogP contribution < -0.4 is 25.6 Å². The molecule has 0 radical (unpaired) electrons. The van der Waals surface area contributed by atoms with E-state index in [0.29, 0.717) is 30.1 Å². The summed E-state index contributed by atoms with van der Waals surface area (Å²) in [6.45, 7) is 2.12. The molecule has 9 heteroatoms. The minimum atomic E-state index is -0.457. The summed E-state index contributed by atoms with van der Waals surface area (Å²) in [5, 5.41) is 2.47. The van der Waals surface area contributed by atoms with Gasteiger partial charge in [-0.1, -0.05) is 58.4 Å². The Hall–Kier alpha value is -3.43. The highest BCUT2D eigenvalue weighted by Crippen LogP contribution is 2.21. The second-order valence-corrected chi connectivity index (χ2v) is 8.50. The topological polar surface area (TPSA) is 88.7 Å². The second-order valence-electron chi connectivity index (χ2n) is 7.24. The highest BCUT2D eigenvalue weighted by molar-refractivity contribution is 9.10. The van der Waals surface area contributed by atoms with Gasteiger partial charge in [0.1, 0.15) is 11.5 Å². The molecule has 0 saturated heterocycles. The van der Waals surface area contributed by atoms with Gasteiger partial charge < -0.3 is 9.47 Å². The number of carbonyl (C=O) groups excluding carboxylic acids is 2. The summed E-state index contributed by atoms with van der Waals surface area (Å²) in [6.07, 6.45) is 0.713. The van der Waals surface area contributed by atoms with Gasteiger partial charge in [0, 0.05) is 10.9 Å². The van der Waals surface area contributed by atoms with Gasteiger partial charge in [-0.05, 0) is 60.6 Å². The first-order valence-electron chi connectivity index (χ1n) is 10.5. The number of nitrogens with one attached hydrogen (secondary N) is 3. The zero-order valence-electron chi connectivity index (χ0n) is 18.5. The van der Waals surface area contributed by atoms with Crippen LogP contribution in [-0.4, -0.2) is 30.1 Å². The fraction of sp³-hybridized carbons (Fsp3) is 0.160. The molecule has 176 valence electrons. The van der Waals surface area contributed by atoms with Crippen LogP contribution in [0.15, 0.2) is 77.3 Å². The number of aryl methyl sites for hydroxylation is 1. The fourth-order valence-electron chi connectivity index (χ4n) is 2.92. The number of rotatable bonds is 8. The smallest absolute Gasteiger partial charge is 0.276 e. The molecule has 0 bridgehead atoms. The van der Waals surface area contributed by atoms with E-state index in [1.807, 2.05) is 49.4 Å². The summed E-state index contributed by atoms with van der Waals surface area (Å²) < 4.78 is 12.2. The zero-order chi connectivity index (χ0) is 24.3. The molecule has 0 aromatic heterocycles. The third kappa shape index (κ3) is 7.86. The first-order chi connectivity index (χ1) is 16.4. The van der Waals surface area contributed by atoms with Crippen LogP contribution in [0.4, 0.5) is 0 Å². The van der Waals surface area contributed by atoms with E-state index in [0.717, 1.165) is 15.6 Å². The third-order valence-electron chi connectivity index (χ3n) is 4.66. The molecule has 0 fully saturated rings. The molecule has 0 aliphatic carbocycles. The van der Waals surface area contributed by atoms with Gasteiger partial charge in [-0.2, -0.15) is 0 Å². The first-order valence-corrected chi connectivity index (χ1v) is 11.7. The minimum Gasteiger partial charge on any atom is -0.492 e. The van der Waals surface area contributed by atoms with E-state index in [1.54, 1.807) is 30.3 Å². The third-order valence-corrected chi connectivity index (χ3v) is 5.76. The number of para-hydroxylation sites is 1. The number of hydrogen-bond donors (Lipinski definition) is 3. The zero-order valence-corrected chi connectivity index (χ0v) is 20.9. The Balaban J connectivity index is 1.44. The van der Waals surface area contributed by atoms with Crippen LogP contribution in [-0.2, 0) is 11.2 Å². The summed E-state index contributed by atoms with van der Waals surface area (Å²) in [5.74, 6) is 0.0991. The van der Waals surface area contributed by atoms with E-state index < -0.39 is 11.8 Å². The standard InChI is InChI=1S/C25H24BrN3O4S/c1-17-15-19(11-12-21(17)26)33-16-23(30)28-29-25(34)27-24(31)20-9-5-6-10-22(20)32-14-13-18-7-3-2-4-8-18/h2-12,15H,13-14,16H2,1H3,(H,28,30)(H2,27,29,31,34). The van der Waals surface area contributed by atoms with Crippen LogP contribution in [0.1, 0.15) is 21.5 Å². The normalized spacial score (nSPS) is 10.2. The van der Waals surface area contributed by atoms with E-state index in [2.05, 4.69) is 32.1 Å². The van der Waals surface area contributed by atoms with Crippen molar-refractivity contribution in [3.63, 3.8) is 0 Å². The Bertz CT molecular complexity index is 1160. The highest BCUT2D eigenvalue weighted by atomic mass is 79.9. The molecule has 0 spiro atoms. The van der Waals surface area contributed by atoms with Crippen LogP contribution in [0, 0.1) is 6.92 Å². The number of benzene rings is 3. The molecule has 2 amide bonds. The molecule has 0 unspecified atom stereocenters. The van der Waals surface area contributed by atoms with Crippen LogP contribution >= 0.6 is 28.1 Å². The Kier molecular flexibility index (Phi) is 9.42. The van der Waals surface area contributed by atoms with Crippen LogP contribution in [0.3, 0.4) is 0 Å². The number of carbonyl (C=O) groups is 2. The number of hydrazine groups is 1. The molecule has 0 aliphatic rings. The van der Waals surface area contributed by atoms with Gasteiger partial charge in [-0.3, -0.25) is 25.8 Å². The van der Waals surface area contributed by atoms with Gasteiger partial charge in [0.15, 0.2) is 11.7 Å². The molecule has 34 heavy (non-hydrogen) atoms. The molecular formula is C25H24BrN3O4S. The van der Waals surface area contributed by atoms with E-state index in [-0.39, 0.29) is 11.7 Å². The lowest BCUT2D eigenvalue weighted by molar-refractivity contribution is -0.123. The quantitative estimate of drug-likeness (QED) is 0.294. The average Bonchev–Trinajstić information content (AvgIpc) is 2.84. The van der Waals surface area contributed by atoms with Crippen molar-refractivity contribution in [1.29, 1.82) is 0 Å². The maximum atomic E-state index is 12.7. The van der Waals surface area contributed by atoms with Crippen LogP contribution in [0.25, 0.3) is 0 Å². The number of halogens is 1. The minimum absolute atomic E-state index is 0.0584. The lowest BCUT2D eigenvalue weighted by Crippen LogP contribution is -2.49. The van der Waals surface area contributed by atoms with Crippen molar-refractivity contribution in [3.05, 3.63) is 94.0 Å². The van der Waals surface area contributed by atoms with Crippen molar-refractivity contribution >= 4 is 45.1 Å². The van der Waals surface area contributed by atoms with E-state index in [1.165, 1.54) is 0 Å². The Morgan fingerprint density at radius 2 is 1.68 bits per heavy atom. The van der Waals surface area contributed by atoms with Gasteiger partial charge in [0.05, 0.1) is 12.2 Å². The van der Waals surface area contributed by atoms with Crippen molar-refractivity contribution < 1.29 is 19.1 Å². The van der Waals surface area contributed by atoms with Crippen LogP contribution in [0.2, 0.25) is 0 Å². The molecule has 0 heterocycles. The predicted molar refractivity (Wildman–Crippen MR) is 138 cm³/mol. The Morgan fingerprint density at radius 1 is 0.941 bits per heavy atom. The molecule has 7 nitrogen and oxygen atoms in total. The summed E-state index contributed by atoms with van der Waals surface area (Å²) in [5.41, 5.74) is 7.35. The number of ether oxygens (including phenoxy) is 2. The van der Waals surface area contributed by atoms with Crippen molar-refractivity contribution in [2.45, 2.75) is 13.3 Å². The van der Waals surface area contributed by atoms with E-state index >= 15 is 0 Å². The largest absolute Gasteiger partial charge is 0.492 e. The van der Waals surface area contributed by atoms with Gasteiger partial charge >= 0.3 is 0 Å². The molecule has 0 saturated carbocycles. The van der Waals surface area contributed by atoms with E-state index in [9.17, 15) is 9.59 Å². The summed E-state index contributed by atoms with van der Waals surface area (Å²) in [4.78, 5) is 24.7. The van der Waals surface area contributed by atoms with Crippen molar-refractivity contribution in [2.75, 3.05) is 13.2 Å².